The molecular formula is C27H26N6. The van der Waals surface area contributed by atoms with Gasteiger partial charge in [-0.25, -0.2) is 9.67 Å². The molecule has 0 atom stereocenters. The summed E-state index contributed by atoms with van der Waals surface area (Å²) in [6, 6.07) is 28.5. The summed E-state index contributed by atoms with van der Waals surface area (Å²) in [4.78, 5) is 9.53. The fourth-order valence-electron chi connectivity index (χ4n) is 3.87. The Labute approximate surface area is 193 Å². The molecule has 6 nitrogen and oxygen atoms in total. The average molecular weight is 435 g/mol. The molecule has 0 radical (unpaired) electrons. The molecule has 164 valence electrons. The first-order valence-electron chi connectivity index (χ1n) is 11.1. The Morgan fingerprint density at radius 3 is 2.18 bits per heavy atom. The van der Waals surface area contributed by atoms with Gasteiger partial charge in [0.2, 0.25) is 5.95 Å². The van der Waals surface area contributed by atoms with E-state index in [4.69, 9.17) is 20.8 Å². The minimum Gasteiger partial charge on any atom is -0.383 e. The van der Waals surface area contributed by atoms with Crippen molar-refractivity contribution in [3.05, 3.63) is 96.1 Å². The molecule has 0 amide bonds. The first kappa shape index (κ1) is 20.7. The number of rotatable bonds is 6. The van der Waals surface area contributed by atoms with Crippen LogP contribution in [-0.2, 0) is 6.54 Å². The lowest BCUT2D eigenvalue weighted by Gasteiger charge is -2.09. The van der Waals surface area contributed by atoms with Crippen LogP contribution in [0, 0.1) is 0 Å². The minimum atomic E-state index is 0.460. The SMILES string of the molecule is CC(C)c1ccc(-n2nc3nc(NCc4ccccc4)nc(-c4ccccc4)c3c2N)cc1. The lowest BCUT2D eigenvalue weighted by molar-refractivity contribution is 0.858. The maximum atomic E-state index is 6.62. The summed E-state index contributed by atoms with van der Waals surface area (Å²) in [5, 5.41) is 8.85. The number of nitrogens with one attached hydrogen (secondary N) is 1. The molecule has 0 spiro atoms. The summed E-state index contributed by atoms with van der Waals surface area (Å²) >= 11 is 0. The molecule has 2 aromatic heterocycles. The Morgan fingerprint density at radius 2 is 1.52 bits per heavy atom. The standard InChI is InChI=1S/C27H26N6/c1-18(2)20-13-15-22(16-14-20)33-25(28)23-24(21-11-7-4-8-12-21)30-27(31-26(23)32-33)29-17-19-9-5-3-6-10-19/h3-16,18H,17,28H2,1-2H3,(H,29,31,32). The van der Waals surface area contributed by atoms with Crippen molar-refractivity contribution in [1.29, 1.82) is 0 Å². The van der Waals surface area contributed by atoms with E-state index in [2.05, 4.69) is 43.4 Å². The summed E-state index contributed by atoms with van der Waals surface area (Å²) in [6.45, 7) is 4.97. The van der Waals surface area contributed by atoms with Crippen LogP contribution in [0.4, 0.5) is 11.8 Å². The van der Waals surface area contributed by atoms with E-state index in [1.54, 1.807) is 4.68 Å². The van der Waals surface area contributed by atoms with Gasteiger partial charge < -0.3 is 11.1 Å². The molecule has 6 heteroatoms. The Balaban J connectivity index is 1.61. The molecule has 3 N–H and O–H groups in total. The lowest BCUT2D eigenvalue weighted by Crippen LogP contribution is -2.05. The van der Waals surface area contributed by atoms with E-state index in [0.717, 1.165) is 27.9 Å². The van der Waals surface area contributed by atoms with E-state index < -0.39 is 0 Å². The molecule has 0 aliphatic heterocycles. The van der Waals surface area contributed by atoms with Gasteiger partial charge in [-0.1, -0.05) is 86.6 Å². The minimum absolute atomic E-state index is 0.460. The number of hydrogen-bond donors (Lipinski definition) is 2. The third-order valence-electron chi connectivity index (χ3n) is 5.71. The summed E-state index contributed by atoms with van der Waals surface area (Å²) in [5.74, 6) is 1.50. The number of aromatic nitrogens is 4. The van der Waals surface area contributed by atoms with Gasteiger partial charge in [0.05, 0.1) is 16.8 Å². The molecule has 33 heavy (non-hydrogen) atoms. The summed E-state index contributed by atoms with van der Waals surface area (Å²) in [5.41, 5.74) is 12.2. The van der Waals surface area contributed by atoms with E-state index >= 15 is 0 Å². The zero-order valence-electron chi connectivity index (χ0n) is 18.7. The van der Waals surface area contributed by atoms with Crippen LogP contribution in [-0.4, -0.2) is 19.7 Å². The molecule has 3 aromatic carbocycles. The van der Waals surface area contributed by atoms with Gasteiger partial charge >= 0.3 is 0 Å². The highest BCUT2D eigenvalue weighted by Gasteiger charge is 2.19. The third kappa shape index (κ3) is 4.15. The predicted octanol–water partition coefficient (Wildman–Crippen LogP) is 5.80. The number of nitrogens with zero attached hydrogens (tertiary/aromatic N) is 4. The fraction of sp³-hybridized carbons (Fsp3) is 0.148. The smallest absolute Gasteiger partial charge is 0.225 e. The number of hydrogen-bond acceptors (Lipinski definition) is 5. The molecule has 5 aromatic rings. The van der Waals surface area contributed by atoms with Gasteiger partial charge in [-0.05, 0) is 29.2 Å². The molecular weight excluding hydrogens is 408 g/mol. The topological polar surface area (TPSA) is 81.7 Å². The fourth-order valence-corrected chi connectivity index (χ4v) is 3.87. The van der Waals surface area contributed by atoms with Crippen LogP contribution in [0.2, 0.25) is 0 Å². The second-order valence-corrected chi connectivity index (χ2v) is 8.34. The van der Waals surface area contributed by atoms with Crippen molar-refractivity contribution in [2.75, 3.05) is 11.1 Å². The zero-order valence-corrected chi connectivity index (χ0v) is 18.7. The van der Waals surface area contributed by atoms with Crippen LogP contribution < -0.4 is 11.1 Å². The number of anilines is 2. The van der Waals surface area contributed by atoms with Crippen molar-refractivity contribution in [3.63, 3.8) is 0 Å². The van der Waals surface area contributed by atoms with Gasteiger partial charge in [-0.3, -0.25) is 0 Å². The molecule has 0 aliphatic rings. The van der Waals surface area contributed by atoms with Crippen LogP contribution in [0.3, 0.4) is 0 Å². The summed E-state index contributed by atoms with van der Waals surface area (Å²) < 4.78 is 1.75. The molecule has 0 aliphatic carbocycles. The van der Waals surface area contributed by atoms with Gasteiger partial charge in [0.1, 0.15) is 5.82 Å². The maximum absolute atomic E-state index is 6.62. The molecule has 0 unspecified atom stereocenters. The van der Waals surface area contributed by atoms with Gasteiger partial charge in [-0.15, -0.1) is 5.10 Å². The van der Waals surface area contributed by atoms with Gasteiger partial charge in [0, 0.05) is 12.1 Å². The van der Waals surface area contributed by atoms with Crippen LogP contribution in [0.1, 0.15) is 30.9 Å². The largest absolute Gasteiger partial charge is 0.383 e. The van der Waals surface area contributed by atoms with Crippen molar-refractivity contribution >= 4 is 22.8 Å². The molecule has 0 saturated heterocycles. The lowest BCUT2D eigenvalue weighted by atomic mass is 10.0. The van der Waals surface area contributed by atoms with Crippen LogP contribution in [0.5, 0.6) is 0 Å². The van der Waals surface area contributed by atoms with E-state index in [0.29, 0.717) is 29.9 Å². The van der Waals surface area contributed by atoms with Gasteiger partial charge in [0.15, 0.2) is 5.65 Å². The highest BCUT2D eigenvalue weighted by Crippen LogP contribution is 2.33. The average Bonchev–Trinajstić information content (AvgIpc) is 3.19. The second kappa shape index (κ2) is 8.74. The van der Waals surface area contributed by atoms with E-state index in [1.165, 1.54) is 5.56 Å². The van der Waals surface area contributed by atoms with Crippen LogP contribution >= 0.6 is 0 Å². The summed E-state index contributed by atoms with van der Waals surface area (Å²) in [6.07, 6.45) is 0. The number of nitrogens with two attached hydrogens (primary N) is 1. The zero-order chi connectivity index (χ0) is 22.8. The Morgan fingerprint density at radius 1 is 0.848 bits per heavy atom. The highest BCUT2D eigenvalue weighted by atomic mass is 15.3. The van der Waals surface area contributed by atoms with E-state index in [-0.39, 0.29) is 0 Å². The van der Waals surface area contributed by atoms with Crippen LogP contribution in [0.15, 0.2) is 84.9 Å². The van der Waals surface area contributed by atoms with Crippen molar-refractivity contribution in [3.8, 4) is 16.9 Å². The third-order valence-corrected chi connectivity index (χ3v) is 5.71. The molecule has 0 saturated carbocycles. The second-order valence-electron chi connectivity index (χ2n) is 8.34. The van der Waals surface area contributed by atoms with Gasteiger partial charge in [0.25, 0.3) is 0 Å². The molecule has 0 fully saturated rings. The van der Waals surface area contributed by atoms with Crippen molar-refractivity contribution in [2.24, 2.45) is 0 Å². The Kier molecular flexibility index (Phi) is 5.48. The predicted molar refractivity (Wildman–Crippen MR) is 134 cm³/mol. The monoisotopic (exact) mass is 434 g/mol. The van der Waals surface area contributed by atoms with Crippen molar-refractivity contribution in [1.82, 2.24) is 19.7 Å². The van der Waals surface area contributed by atoms with Crippen LogP contribution in [0.25, 0.3) is 28.0 Å². The van der Waals surface area contributed by atoms with Crippen molar-refractivity contribution < 1.29 is 0 Å². The number of nitrogen functional groups attached to an aromatic ring is 1. The summed E-state index contributed by atoms with van der Waals surface area (Å²) in [7, 11) is 0. The maximum Gasteiger partial charge on any atom is 0.225 e. The highest BCUT2D eigenvalue weighted by molar-refractivity contribution is 5.99. The quantitative estimate of drug-likeness (QED) is 0.353. The first-order chi connectivity index (χ1) is 16.1. The Bertz CT molecular complexity index is 1370. The molecule has 5 rings (SSSR count). The van der Waals surface area contributed by atoms with E-state index in [9.17, 15) is 0 Å². The molecule has 2 heterocycles. The van der Waals surface area contributed by atoms with Crippen molar-refractivity contribution in [2.45, 2.75) is 26.3 Å². The number of fused-ring (bicyclic) bond motifs is 1. The van der Waals surface area contributed by atoms with E-state index in [1.807, 2.05) is 60.7 Å². The number of benzene rings is 3. The Hall–Kier alpha value is -4.19. The normalized spacial score (nSPS) is 11.2. The van der Waals surface area contributed by atoms with Gasteiger partial charge in [-0.2, -0.15) is 4.98 Å². The first-order valence-corrected chi connectivity index (χ1v) is 11.1. The molecule has 0 bridgehead atoms.